The van der Waals surface area contributed by atoms with Crippen molar-refractivity contribution in [2.45, 2.75) is 25.3 Å². The molecule has 19 heavy (non-hydrogen) atoms. The SMILES string of the molecule is CNC1CN(c2nc(N)ncc2N2CCCCC2)C1. The van der Waals surface area contributed by atoms with Crippen molar-refractivity contribution in [2.75, 3.05) is 48.8 Å². The van der Waals surface area contributed by atoms with Gasteiger partial charge in [0.2, 0.25) is 5.95 Å². The van der Waals surface area contributed by atoms with E-state index in [9.17, 15) is 0 Å². The molecule has 0 aromatic carbocycles. The van der Waals surface area contributed by atoms with Crippen LogP contribution in [0.1, 0.15) is 19.3 Å². The molecule has 0 amide bonds. The molecule has 1 aromatic heterocycles. The molecule has 3 rings (SSSR count). The highest BCUT2D eigenvalue weighted by atomic mass is 15.3. The second kappa shape index (κ2) is 5.21. The molecule has 104 valence electrons. The van der Waals surface area contributed by atoms with E-state index in [-0.39, 0.29) is 0 Å². The fraction of sp³-hybridized carbons (Fsp3) is 0.692. The Hall–Kier alpha value is -1.56. The van der Waals surface area contributed by atoms with Crippen LogP contribution in [0, 0.1) is 0 Å². The normalized spacial score (nSPS) is 20.5. The number of hydrogen-bond donors (Lipinski definition) is 2. The van der Waals surface area contributed by atoms with E-state index in [1.165, 1.54) is 19.3 Å². The highest BCUT2D eigenvalue weighted by Gasteiger charge is 2.30. The molecule has 0 atom stereocenters. The Morgan fingerprint density at radius 2 is 1.95 bits per heavy atom. The van der Waals surface area contributed by atoms with E-state index in [0.717, 1.165) is 37.7 Å². The number of nitrogens with zero attached hydrogens (tertiary/aromatic N) is 4. The molecular formula is C13H22N6. The molecule has 0 aliphatic carbocycles. The lowest BCUT2D eigenvalue weighted by Gasteiger charge is -2.42. The third-order valence-corrected chi connectivity index (χ3v) is 4.05. The van der Waals surface area contributed by atoms with E-state index in [4.69, 9.17) is 5.73 Å². The van der Waals surface area contributed by atoms with E-state index < -0.39 is 0 Å². The van der Waals surface area contributed by atoms with E-state index in [1.54, 1.807) is 0 Å². The first-order valence-electron chi connectivity index (χ1n) is 7.07. The summed E-state index contributed by atoms with van der Waals surface area (Å²) in [6.07, 6.45) is 5.72. The Morgan fingerprint density at radius 3 is 2.63 bits per heavy atom. The molecule has 6 nitrogen and oxygen atoms in total. The monoisotopic (exact) mass is 262 g/mol. The summed E-state index contributed by atoms with van der Waals surface area (Å²) < 4.78 is 0. The molecule has 0 bridgehead atoms. The third-order valence-electron chi connectivity index (χ3n) is 4.05. The average Bonchev–Trinajstić information content (AvgIpc) is 2.39. The van der Waals surface area contributed by atoms with Crippen LogP contribution in [0.2, 0.25) is 0 Å². The molecule has 2 aliphatic heterocycles. The van der Waals surface area contributed by atoms with Crippen molar-refractivity contribution >= 4 is 17.5 Å². The van der Waals surface area contributed by atoms with Gasteiger partial charge in [-0.25, -0.2) is 4.98 Å². The number of nitrogen functional groups attached to an aromatic ring is 1. The molecule has 0 saturated carbocycles. The Kier molecular flexibility index (Phi) is 3.42. The first kappa shape index (κ1) is 12.5. The predicted octanol–water partition coefficient (Wildman–Crippen LogP) is 0.457. The zero-order chi connectivity index (χ0) is 13.2. The lowest BCUT2D eigenvalue weighted by Crippen LogP contribution is -2.57. The molecule has 2 fully saturated rings. The van der Waals surface area contributed by atoms with Crippen molar-refractivity contribution < 1.29 is 0 Å². The van der Waals surface area contributed by atoms with Gasteiger partial charge in [-0.2, -0.15) is 4.98 Å². The van der Waals surface area contributed by atoms with Gasteiger partial charge in [0.1, 0.15) is 0 Å². The number of likely N-dealkylation sites (N-methyl/N-ethyl adjacent to an activating group) is 1. The van der Waals surface area contributed by atoms with E-state index in [2.05, 4.69) is 25.1 Å². The van der Waals surface area contributed by atoms with Crippen LogP contribution < -0.4 is 20.9 Å². The van der Waals surface area contributed by atoms with Crippen molar-refractivity contribution in [3.8, 4) is 0 Å². The van der Waals surface area contributed by atoms with Crippen LogP contribution in [0.25, 0.3) is 0 Å². The predicted molar refractivity (Wildman–Crippen MR) is 77.6 cm³/mol. The van der Waals surface area contributed by atoms with Crippen molar-refractivity contribution in [2.24, 2.45) is 0 Å². The highest BCUT2D eigenvalue weighted by molar-refractivity contribution is 5.68. The third kappa shape index (κ3) is 2.45. The molecule has 6 heteroatoms. The van der Waals surface area contributed by atoms with Crippen LogP contribution in [0.4, 0.5) is 17.5 Å². The summed E-state index contributed by atoms with van der Waals surface area (Å²) in [5.41, 5.74) is 6.90. The lowest BCUT2D eigenvalue weighted by atomic mass is 10.1. The number of nitrogens with two attached hydrogens (primary N) is 1. The number of hydrogen-bond acceptors (Lipinski definition) is 6. The molecule has 1 aromatic rings. The molecule has 3 N–H and O–H groups in total. The minimum Gasteiger partial charge on any atom is -0.368 e. The van der Waals surface area contributed by atoms with E-state index >= 15 is 0 Å². The summed E-state index contributed by atoms with van der Waals surface area (Å²) in [7, 11) is 2.00. The number of aromatic nitrogens is 2. The van der Waals surface area contributed by atoms with Gasteiger partial charge in [0, 0.05) is 32.2 Å². The number of piperidine rings is 1. The van der Waals surface area contributed by atoms with E-state index in [1.807, 2.05) is 13.2 Å². The van der Waals surface area contributed by atoms with Crippen LogP contribution >= 0.6 is 0 Å². The highest BCUT2D eigenvalue weighted by Crippen LogP contribution is 2.32. The molecule has 0 spiro atoms. The van der Waals surface area contributed by atoms with Gasteiger partial charge in [-0.1, -0.05) is 0 Å². The van der Waals surface area contributed by atoms with Crippen molar-refractivity contribution in [3.63, 3.8) is 0 Å². The molecule has 0 radical (unpaired) electrons. The maximum absolute atomic E-state index is 5.76. The Balaban J connectivity index is 1.82. The molecule has 3 heterocycles. The first-order chi connectivity index (χ1) is 9.28. The fourth-order valence-electron chi connectivity index (χ4n) is 2.80. The molecular weight excluding hydrogens is 240 g/mol. The Labute approximate surface area is 114 Å². The summed E-state index contributed by atoms with van der Waals surface area (Å²) in [5, 5.41) is 3.28. The topological polar surface area (TPSA) is 70.3 Å². The summed E-state index contributed by atoms with van der Waals surface area (Å²) in [6, 6.07) is 0.561. The van der Waals surface area contributed by atoms with Gasteiger partial charge in [0.15, 0.2) is 5.82 Å². The fourth-order valence-corrected chi connectivity index (χ4v) is 2.80. The minimum atomic E-state index is 0.365. The molecule has 2 saturated heterocycles. The van der Waals surface area contributed by atoms with Crippen LogP contribution in [0.3, 0.4) is 0 Å². The quantitative estimate of drug-likeness (QED) is 0.824. The standard InChI is InChI=1S/C13H22N6/c1-15-10-8-19(9-10)12-11(7-16-13(14)17-12)18-5-3-2-4-6-18/h7,10,15H,2-6,8-9H2,1H3,(H2,14,16,17). The van der Waals surface area contributed by atoms with Crippen molar-refractivity contribution in [3.05, 3.63) is 6.20 Å². The molecule has 0 unspecified atom stereocenters. The Bertz CT molecular complexity index is 437. The van der Waals surface area contributed by atoms with Crippen LogP contribution in [0.5, 0.6) is 0 Å². The smallest absolute Gasteiger partial charge is 0.222 e. The summed E-state index contributed by atoms with van der Waals surface area (Å²) in [6.45, 7) is 4.19. The number of rotatable bonds is 3. The second-order valence-electron chi connectivity index (χ2n) is 5.38. The largest absolute Gasteiger partial charge is 0.368 e. The summed E-state index contributed by atoms with van der Waals surface area (Å²) >= 11 is 0. The van der Waals surface area contributed by atoms with Gasteiger partial charge in [0.05, 0.1) is 11.9 Å². The minimum absolute atomic E-state index is 0.365. The van der Waals surface area contributed by atoms with Gasteiger partial charge >= 0.3 is 0 Å². The molecule has 2 aliphatic rings. The zero-order valence-electron chi connectivity index (χ0n) is 11.5. The zero-order valence-corrected chi connectivity index (χ0v) is 11.5. The average molecular weight is 262 g/mol. The summed E-state index contributed by atoms with van der Waals surface area (Å²) in [4.78, 5) is 13.3. The van der Waals surface area contributed by atoms with Crippen molar-refractivity contribution in [1.82, 2.24) is 15.3 Å². The van der Waals surface area contributed by atoms with Crippen LogP contribution in [0.15, 0.2) is 6.20 Å². The first-order valence-corrected chi connectivity index (χ1v) is 7.07. The maximum Gasteiger partial charge on any atom is 0.222 e. The van der Waals surface area contributed by atoms with Gasteiger partial charge in [0.25, 0.3) is 0 Å². The van der Waals surface area contributed by atoms with Crippen molar-refractivity contribution in [1.29, 1.82) is 0 Å². The van der Waals surface area contributed by atoms with Gasteiger partial charge in [-0.05, 0) is 26.3 Å². The van der Waals surface area contributed by atoms with Crippen LogP contribution in [-0.4, -0.2) is 49.2 Å². The number of nitrogens with one attached hydrogen (secondary N) is 1. The number of anilines is 3. The second-order valence-corrected chi connectivity index (χ2v) is 5.38. The maximum atomic E-state index is 5.76. The summed E-state index contributed by atoms with van der Waals surface area (Å²) in [5.74, 6) is 1.37. The van der Waals surface area contributed by atoms with Gasteiger partial charge < -0.3 is 20.9 Å². The van der Waals surface area contributed by atoms with Crippen LogP contribution in [-0.2, 0) is 0 Å². The lowest BCUT2D eigenvalue weighted by molar-refractivity contribution is 0.446. The van der Waals surface area contributed by atoms with E-state index in [0.29, 0.717) is 12.0 Å². The van der Waals surface area contributed by atoms with Gasteiger partial charge in [-0.3, -0.25) is 0 Å². The Morgan fingerprint density at radius 1 is 1.21 bits per heavy atom. The van der Waals surface area contributed by atoms with Gasteiger partial charge in [-0.15, -0.1) is 0 Å².